The Balaban J connectivity index is 1.96. The largest absolute Gasteiger partial charge is 0.450 e. The van der Waals surface area contributed by atoms with Gasteiger partial charge in [0.25, 0.3) is 0 Å². The minimum absolute atomic E-state index is 0.231. The standard InChI is InChI=1S/C12H9BrN2O2/c13-11-5-3-10(17-11)4-6-12(16)15-9-2-1-7-14-8-9/h1-8H,(H,15,16). The fraction of sp³-hybridized carbons (Fsp3) is 0. The molecule has 86 valence electrons. The van der Waals surface area contributed by atoms with E-state index in [0.717, 1.165) is 0 Å². The molecule has 0 spiro atoms. The zero-order valence-electron chi connectivity index (χ0n) is 8.76. The summed E-state index contributed by atoms with van der Waals surface area (Å²) in [5.41, 5.74) is 0.655. The number of rotatable bonds is 3. The van der Waals surface area contributed by atoms with Crippen molar-refractivity contribution in [3.05, 3.63) is 53.2 Å². The van der Waals surface area contributed by atoms with Crippen molar-refractivity contribution < 1.29 is 9.21 Å². The van der Waals surface area contributed by atoms with E-state index in [1.54, 1.807) is 42.7 Å². The lowest BCUT2D eigenvalue weighted by Gasteiger charge is -1.99. The third-order valence-electron chi connectivity index (χ3n) is 1.92. The van der Waals surface area contributed by atoms with Crippen molar-refractivity contribution in [2.75, 3.05) is 5.32 Å². The Hall–Kier alpha value is -1.88. The molecule has 0 aliphatic rings. The van der Waals surface area contributed by atoms with Gasteiger partial charge in [0.15, 0.2) is 4.67 Å². The van der Waals surface area contributed by atoms with Gasteiger partial charge in [-0.05, 0) is 46.3 Å². The maximum absolute atomic E-state index is 11.5. The molecule has 2 aromatic heterocycles. The monoisotopic (exact) mass is 292 g/mol. The molecule has 2 rings (SSSR count). The van der Waals surface area contributed by atoms with E-state index in [0.29, 0.717) is 16.1 Å². The minimum atomic E-state index is -0.231. The number of nitrogens with zero attached hydrogens (tertiary/aromatic N) is 1. The second kappa shape index (κ2) is 5.45. The third-order valence-corrected chi connectivity index (χ3v) is 2.35. The summed E-state index contributed by atoms with van der Waals surface area (Å²) >= 11 is 3.18. The zero-order chi connectivity index (χ0) is 12.1. The summed E-state index contributed by atoms with van der Waals surface area (Å²) in [6, 6.07) is 7.04. The molecule has 0 aliphatic carbocycles. The van der Waals surface area contributed by atoms with Crippen LogP contribution >= 0.6 is 15.9 Å². The number of hydrogen-bond acceptors (Lipinski definition) is 3. The Morgan fingerprint density at radius 1 is 1.41 bits per heavy atom. The van der Waals surface area contributed by atoms with Crippen molar-refractivity contribution >= 4 is 33.6 Å². The van der Waals surface area contributed by atoms with Gasteiger partial charge in [0.05, 0.1) is 11.9 Å². The highest BCUT2D eigenvalue weighted by Crippen LogP contribution is 2.15. The Morgan fingerprint density at radius 2 is 2.29 bits per heavy atom. The molecule has 4 nitrogen and oxygen atoms in total. The van der Waals surface area contributed by atoms with Crippen LogP contribution in [-0.2, 0) is 4.79 Å². The normalized spacial score (nSPS) is 10.6. The summed E-state index contributed by atoms with van der Waals surface area (Å²) in [4.78, 5) is 15.4. The Labute approximate surface area is 106 Å². The quantitative estimate of drug-likeness (QED) is 0.885. The number of nitrogens with one attached hydrogen (secondary N) is 1. The predicted molar refractivity (Wildman–Crippen MR) is 68.3 cm³/mol. The molecule has 0 bridgehead atoms. The van der Waals surface area contributed by atoms with Crippen LogP contribution < -0.4 is 5.32 Å². The van der Waals surface area contributed by atoms with E-state index >= 15 is 0 Å². The molecule has 1 amide bonds. The van der Waals surface area contributed by atoms with Gasteiger partial charge in [-0.25, -0.2) is 0 Å². The van der Waals surface area contributed by atoms with Gasteiger partial charge in [-0.2, -0.15) is 0 Å². The van der Waals surface area contributed by atoms with Gasteiger partial charge in [0.1, 0.15) is 5.76 Å². The molecule has 0 saturated carbocycles. The number of carbonyl (C=O) groups excluding carboxylic acids is 1. The van der Waals surface area contributed by atoms with Crippen LogP contribution in [0.25, 0.3) is 6.08 Å². The first-order valence-corrected chi connectivity index (χ1v) is 5.68. The number of aromatic nitrogens is 1. The molecule has 0 radical (unpaired) electrons. The van der Waals surface area contributed by atoms with Crippen molar-refractivity contribution in [2.45, 2.75) is 0 Å². The van der Waals surface area contributed by atoms with Crippen molar-refractivity contribution in [1.82, 2.24) is 4.98 Å². The van der Waals surface area contributed by atoms with E-state index in [2.05, 4.69) is 26.2 Å². The van der Waals surface area contributed by atoms with Crippen molar-refractivity contribution in [2.24, 2.45) is 0 Å². The van der Waals surface area contributed by atoms with Gasteiger partial charge in [-0.3, -0.25) is 9.78 Å². The maximum Gasteiger partial charge on any atom is 0.248 e. The molecule has 1 N–H and O–H groups in total. The Bertz CT molecular complexity index is 534. The summed E-state index contributed by atoms with van der Waals surface area (Å²) in [6.45, 7) is 0. The average molecular weight is 293 g/mol. The highest BCUT2D eigenvalue weighted by atomic mass is 79.9. The summed E-state index contributed by atoms with van der Waals surface area (Å²) in [6.07, 6.45) is 6.22. The van der Waals surface area contributed by atoms with Crippen LogP contribution in [-0.4, -0.2) is 10.9 Å². The molecule has 0 aliphatic heterocycles. The zero-order valence-corrected chi connectivity index (χ0v) is 10.3. The van der Waals surface area contributed by atoms with E-state index in [1.807, 2.05) is 0 Å². The van der Waals surface area contributed by atoms with Crippen LogP contribution in [0.4, 0.5) is 5.69 Å². The summed E-state index contributed by atoms with van der Waals surface area (Å²) in [5.74, 6) is 0.378. The minimum Gasteiger partial charge on any atom is -0.450 e. The molecular formula is C12H9BrN2O2. The van der Waals surface area contributed by atoms with E-state index in [-0.39, 0.29) is 5.91 Å². The lowest BCUT2D eigenvalue weighted by atomic mass is 10.3. The van der Waals surface area contributed by atoms with Crippen LogP contribution in [0.1, 0.15) is 5.76 Å². The fourth-order valence-electron chi connectivity index (χ4n) is 1.20. The van der Waals surface area contributed by atoms with E-state index in [1.165, 1.54) is 6.08 Å². The summed E-state index contributed by atoms with van der Waals surface area (Å²) in [5, 5.41) is 2.68. The first kappa shape index (κ1) is 11.6. The van der Waals surface area contributed by atoms with Gasteiger partial charge >= 0.3 is 0 Å². The maximum atomic E-state index is 11.5. The summed E-state index contributed by atoms with van der Waals surface area (Å²) < 4.78 is 5.85. The third kappa shape index (κ3) is 3.57. The van der Waals surface area contributed by atoms with E-state index in [4.69, 9.17) is 4.42 Å². The molecule has 5 heteroatoms. The number of pyridine rings is 1. The van der Waals surface area contributed by atoms with E-state index < -0.39 is 0 Å². The van der Waals surface area contributed by atoms with Crippen LogP contribution in [0.3, 0.4) is 0 Å². The SMILES string of the molecule is O=C(C=Cc1ccc(Br)o1)Nc1cccnc1. The number of hydrogen-bond donors (Lipinski definition) is 1. The number of carbonyl (C=O) groups is 1. The predicted octanol–water partition coefficient (Wildman–Crippen LogP) is 3.09. The van der Waals surface area contributed by atoms with E-state index in [9.17, 15) is 4.79 Å². The Morgan fingerprint density at radius 3 is 2.94 bits per heavy atom. The van der Waals surface area contributed by atoms with Crippen LogP contribution in [0.2, 0.25) is 0 Å². The second-order valence-electron chi connectivity index (χ2n) is 3.21. The summed E-state index contributed by atoms with van der Waals surface area (Å²) in [7, 11) is 0. The van der Waals surface area contributed by atoms with Crippen molar-refractivity contribution in [3.8, 4) is 0 Å². The van der Waals surface area contributed by atoms with Gasteiger partial charge < -0.3 is 9.73 Å². The number of amides is 1. The van der Waals surface area contributed by atoms with Crippen LogP contribution in [0.5, 0.6) is 0 Å². The molecule has 2 aromatic rings. The van der Waals surface area contributed by atoms with Gasteiger partial charge in [-0.1, -0.05) is 0 Å². The molecule has 0 fully saturated rings. The fourth-order valence-corrected chi connectivity index (χ4v) is 1.52. The highest BCUT2D eigenvalue weighted by molar-refractivity contribution is 9.10. The molecular weight excluding hydrogens is 284 g/mol. The van der Waals surface area contributed by atoms with Crippen molar-refractivity contribution in [1.29, 1.82) is 0 Å². The molecule has 0 aromatic carbocycles. The van der Waals surface area contributed by atoms with Crippen LogP contribution in [0, 0.1) is 0 Å². The topological polar surface area (TPSA) is 55.1 Å². The smallest absolute Gasteiger partial charge is 0.248 e. The molecule has 0 unspecified atom stereocenters. The molecule has 17 heavy (non-hydrogen) atoms. The number of halogens is 1. The number of furan rings is 1. The highest BCUT2D eigenvalue weighted by Gasteiger charge is 1.98. The lowest BCUT2D eigenvalue weighted by Crippen LogP contribution is -2.07. The second-order valence-corrected chi connectivity index (χ2v) is 3.99. The molecule has 0 saturated heterocycles. The van der Waals surface area contributed by atoms with Gasteiger partial charge in [0.2, 0.25) is 5.91 Å². The Kier molecular flexibility index (Phi) is 3.72. The average Bonchev–Trinajstić information content (AvgIpc) is 2.74. The number of anilines is 1. The molecule has 0 atom stereocenters. The van der Waals surface area contributed by atoms with Gasteiger partial charge in [-0.15, -0.1) is 0 Å². The van der Waals surface area contributed by atoms with Crippen LogP contribution in [0.15, 0.2) is 51.8 Å². The van der Waals surface area contributed by atoms with Crippen molar-refractivity contribution in [3.63, 3.8) is 0 Å². The van der Waals surface area contributed by atoms with Gasteiger partial charge in [0, 0.05) is 12.3 Å². The first-order chi connectivity index (χ1) is 8.24. The molecule has 2 heterocycles. The first-order valence-electron chi connectivity index (χ1n) is 4.88. The lowest BCUT2D eigenvalue weighted by molar-refractivity contribution is -0.111.